The highest BCUT2D eigenvalue weighted by molar-refractivity contribution is 5.76. The van der Waals surface area contributed by atoms with E-state index in [2.05, 4.69) is 56.1 Å². The minimum Gasteiger partial charge on any atom is -0.399 e. The predicted octanol–water partition coefficient (Wildman–Crippen LogP) is 4.03. The van der Waals surface area contributed by atoms with E-state index in [-0.39, 0.29) is 5.41 Å². The average Bonchev–Trinajstić information content (AvgIpc) is 2.91. The van der Waals surface area contributed by atoms with E-state index >= 15 is 0 Å². The Kier molecular flexibility index (Phi) is 3.20. The van der Waals surface area contributed by atoms with Crippen molar-refractivity contribution in [3.05, 3.63) is 59.4 Å². The zero-order chi connectivity index (χ0) is 15.0. The highest BCUT2D eigenvalue weighted by Crippen LogP contribution is 2.31. The van der Waals surface area contributed by atoms with Gasteiger partial charge >= 0.3 is 0 Å². The molecule has 1 aromatic heterocycles. The van der Waals surface area contributed by atoms with E-state index in [4.69, 9.17) is 10.7 Å². The van der Waals surface area contributed by atoms with Gasteiger partial charge in [-0.05, 0) is 55.7 Å². The Balaban J connectivity index is 2.07. The molecule has 0 atom stereocenters. The lowest BCUT2D eigenvalue weighted by molar-refractivity contribution is 0.601. The summed E-state index contributed by atoms with van der Waals surface area (Å²) in [7, 11) is 0. The van der Waals surface area contributed by atoms with Crippen LogP contribution in [0.5, 0.6) is 0 Å². The molecule has 0 radical (unpaired) electrons. The van der Waals surface area contributed by atoms with Gasteiger partial charge in [-0.2, -0.15) is 0 Å². The highest BCUT2D eigenvalue weighted by Gasteiger charge is 2.26. The lowest BCUT2D eigenvalue weighted by Crippen LogP contribution is -2.20. The average molecular weight is 279 g/mol. The van der Waals surface area contributed by atoms with E-state index in [9.17, 15) is 0 Å². The summed E-state index contributed by atoms with van der Waals surface area (Å²) >= 11 is 0. The van der Waals surface area contributed by atoms with Crippen LogP contribution in [-0.2, 0) is 11.8 Å². The first kappa shape index (κ1) is 13.7. The Labute approximate surface area is 125 Å². The molecule has 0 saturated heterocycles. The first-order chi connectivity index (χ1) is 10.0. The molecule has 0 saturated carbocycles. The molecule has 2 aromatic carbocycles. The number of nitrogens with two attached hydrogens (primary N) is 1. The van der Waals surface area contributed by atoms with Crippen molar-refractivity contribution in [2.24, 2.45) is 0 Å². The van der Waals surface area contributed by atoms with Crippen LogP contribution in [0.4, 0.5) is 5.69 Å². The van der Waals surface area contributed by atoms with E-state index in [0.717, 1.165) is 29.0 Å². The molecule has 3 aromatic rings. The summed E-state index contributed by atoms with van der Waals surface area (Å²) in [5.41, 5.74) is 11.0. The molecule has 3 heteroatoms. The van der Waals surface area contributed by atoms with Crippen molar-refractivity contribution in [3.63, 3.8) is 0 Å². The van der Waals surface area contributed by atoms with Gasteiger partial charge in [0.25, 0.3) is 0 Å². The van der Waals surface area contributed by atoms with Crippen LogP contribution in [0.3, 0.4) is 0 Å². The van der Waals surface area contributed by atoms with Crippen molar-refractivity contribution < 1.29 is 0 Å². The number of nitrogen functional groups attached to an aromatic ring is 1. The Hall–Kier alpha value is -2.29. The van der Waals surface area contributed by atoms with Crippen LogP contribution in [0.2, 0.25) is 0 Å². The van der Waals surface area contributed by atoms with Crippen LogP contribution in [-0.4, -0.2) is 9.97 Å². The molecular weight excluding hydrogens is 258 g/mol. The molecule has 0 aliphatic carbocycles. The standard InChI is InChI=1S/C18H21N3/c1-4-12-5-10-15-16(11-12)21-17(20-15)18(2,3)13-6-8-14(19)9-7-13/h5-11H,4,19H2,1-3H3,(H,20,21). The molecule has 108 valence electrons. The number of aryl methyl sites for hydroxylation is 1. The number of hydrogen-bond donors (Lipinski definition) is 2. The number of rotatable bonds is 3. The van der Waals surface area contributed by atoms with E-state index in [1.165, 1.54) is 11.1 Å². The molecule has 3 N–H and O–H groups in total. The van der Waals surface area contributed by atoms with Gasteiger partial charge in [-0.3, -0.25) is 0 Å². The molecular formula is C18H21N3. The summed E-state index contributed by atoms with van der Waals surface area (Å²) in [6.45, 7) is 6.52. The van der Waals surface area contributed by atoms with Crippen LogP contribution in [0.15, 0.2) is 42.5 Å². The number of hydrogen-bond acceptors (Lipinski definition) is 2. The van der Waals surface area contributed by atoms with Crippen LogP contribution < -0.4 is 5.73 Å². The topological polar surface area (TPSA) is 54.7 Å². The first-order valence-electron chi connectivity index (χ1n) is 7.36. The molecule has 3 nitrogen and oxygen atoms in total. The van der Waals surface area contributed by atoms with Crippen LogP contribution in [0, 0.1) is 0 Å². The van der Waals surface area contributed by atoms with Gasteiger partial charge in [-0.25, -0.2) is 4.98 Å². The smallest absolute Gasteiger partial charge is 0.117 e. The van der Waals surface area contributed by atoms with Gasteiger partial charge in [0.05, 0.1) is 11.0 Å². The van der Waals surface area contributed by atoms with E-state index in [1.807, 2.05) is 12.1 Å². The SMILES string of the molecule is CCc1ccc2nc(C(C)(C)c3ccc(N)cc3)[nH]c2c1. The maximum Gasteiger partial charge on any atom is 0.117 e. The predicted molar refractivity (Wildman–Crippen MR) is 88.5 cm³/mol. The van der Waals surface area contributed by atoms with Gasteiger partial charge in [-0.15, -0.1) is 0 Å². The minimum absolute atomic E-state index is 0.181. The maximum absolute atomic E-state index is 5.78. The molecule has 3 rings (SSSR count). The highest BCUT2D eigenvalue weighted by atomic mass is 14.9. The number of H-pyrrole nitrogens is 1. The third-order valence-electron chi connectivity index (χ3n) is 4.18. The van der Waals surface area contributed by atoms with Crippen molar-refractivity contribution in [1.29, 1.82) is 0 Å². The fourth-order valence-corrected chi connectivity index (χ4v) is 2.61. The summed E-state index contributed by atoms with van der Waals surface area (Å²) in [5, 5.41) is 0. The van der Waals surface area contributed by atoms with E-state index < -0.39 is 0 Å². The summed E-state index contributed by atoms with van der Waals surface area (Å²) in [5.74, 6) is 0.982. The Morgan fingerprint density at radius 3 is 2.48 bits per heavy atom. The Morgan fingerprint density at radius 2 is 1.81 bits per heavy atom. The third kappa shape index (κ3) is 2.40. The van der Waals surface area contributed by atoms with Gasteiger partial charge in [-0.1, -0.05) is 25.1 Å². The number of nitrogens with one attached hydrogen (secondary N) is 1. The lowest BCUT2D eigenvalue weighted by Gasteiger charge is -2.22. The third-order valence-corrected chi connectivity index (χ3v) is 4.18. The quantitative estimate of drug-likeness (QED) is 0.711. The van der Waals surface area contributed by atoms with Gasteiger partial charge in [0, 0.05) is 11.1 Å². The maximum atomic E-state index is 5.78. The minimum atomic E-state index is -0.181. The van der Waals surface area contributed by atoms with Crippen molar-refractivity contribution in [2.75, 3.05) is 5.73 Å². The lowest BCUT2D eigenvalue weighted by atomic mass is 9.84. The summed E-state index contributed by atoms with van der Waals surface area (Å²) in [6.07, 6.45) is 1.03. The van der Waals surface area contributed by atoms with Crippen molar-refractivity contribution in [3.8, 4) is 0 Å². The molecule has 21 heavy (non-hydrogen) atoms. The van der Waals surface area contributed by atoms with E-state index in [1.54, 1.807) is 0 Å². The van der Waals surface area contributed by atoms with Gasteiger partial charge in [0.2, 0.25) is 0 Å². The van der Waals surface area contributed by atoms with Crippen LogP contribution in [0.25, 0.3) is 11.0 Å². The molecule has 0 aliphatic heterocycles. The summed E-state index contributed by atoms with van der Waals surface area (Å²) in [4.78, 5) is 8.25. The first-order valence-corrected chi connectivity index (χ1v) is 7.36. The van der Waals surface area contributed by atoms with Gasteiger partial charge in [0.1, 0.15) is 5.82 Å². The van der Waals surface area contributed by atoms with Gasteiger partial charge in [0.15, 0.2) is 0 Å². The number of fused-ring (bicyclic) bond motifs is 1. The number of imidazole rings is 1. The fourth-order valence-electron chi connectivity index (χ4n) is 2.61. The van der Waals surface area contributed by atoms with Gasteiger partial charge < -0.3 is 10.7 Å². The Bertz CT molecular complexity index is 767. The number of nitrogens with zero attached hydrogens (tertiary/aromatic N) is 1. The van der Waals surface area contributed by atoms with Crippen molar-refractivity contribution in [1.82, 2.24) is 9.97 Å². The largest absolute Gasteiger partial charge is 0.399 e. The zero-order valence-corrected chi connectivity index (χ0v) is 12.8. The molecule has 0 fully saturated rings. The fraction of sp³-hybridized carbons (Fsp3) is 0.278. The number of aromatic amines is 1. The Morgan fingerprint density at radius 1 is 1.10 bits per heavy atom. The second kappa shape index (κ2) is 4.92. The molecule has 1 heterocycles. The molecule has 0 amide bonds. The second-order valence-electron chi connectivity index (χ2n) is 6.04. The molecule has 0 bridgehead atoms. The number of anilines is 1. The summed E-state index contributed by atoms with van der Waals surface area (Å²) < 4.78 is 0. The molecule has 0 unspecified atom stereocenters. The zero-order valence-electron chi connectivity index (χ0n) is 12.8. The van der Waals surface area contributed by atoms with Crippen molar-refractivity contribution >= 4 is 16.7 Å². The molecule has 0 spiro atoms. The monoisotopic (exact) mass is 279 g/mol. The normalized spacial score (nSPS) is 12.0. The second-order valence-corrected chi connectivity index (χ2v) is 6.04. The summed E-state index contributed by atoms with van der Waals surface area (Å²) in [6, 6.07) is 14.4. The van der Waals surface area contributed by atoms with Crippen LogP contribution >= 0.6 is 0 Å². The molecule has 0 aliphatic rings. The van der Waals surface area contributed by atoms with E-state index in [0.29, 0.717) is 0 Å². The van der Waals surface area contributed by atoms with Crippen molar-refractivity contribution in [2.45, 2.75) is 32.6 Å². The number of benzene rings is 2. The number of aromatic nitrogens is 2. The van der Waals surface area contributed by atoms with Crippen LogP contribution in [0.1, 0.15) is 37.7 Å².